The molecule has 1 nitrogen and oxygen atoms in total. The summed E-state index contributed by atoms with van der Waals surface area (Å²) in [6.07, 6.45) is 0. The first-order valence-corrected chi connectivity index (χ1v) is 6.33. The van der Waals surface area contributed by atoms with Crippen LogP contribution in [0.4, 0.5) is 14.5 Å². The van der Waals surface area contributed by atoms with E-state index in [1.54, 1.807) is 13.0 Å². The van der Waals surface area contributed by atoms with E-state index in [2.05, 4.69) is 5.32 Å². The Bertz CT molecular complexity index is 599. The summed E-state index contributed by atoms with van der Waals surface area (Å²) in [6.45, 7) is 3.75. The third-order valence-electron chi connectivity index (χ3n) is 2.92. The molecule has 0 saturated carbocycles. The topological polar surface area (TPSA) is 12.0 Å². The lowest BCUT2D eigenvalue weighted by molar-refractivity contribution is 0.566. The van der Waals surface area contributed by atoms with Crippen molar-refractivity contribution in [3.63, 3.8) is 0 Å². The fourth-order valence-corrected chi connectivity index (χ4v) is 2.09. The van der Waals surface area contributed by atoms with Crippen molar-refractivity contribution < 1.29 is 8.78 Å². The van der Waals surface area contributed by atoms with E-state index >= 15 is 0 Å². The van der Waals surface area contributed by atoms with E-state index in [9.17, 15) is 8.78 Å². The third kappa shape index (κ3) is 3.24. The maximum Gasteiger partial charge on any atom is 0.131 e. The van der Waals surface area contributed by atoms with Gasteiger partial charge < -0.3 is 5.32 Å². The monoisotopic (exact) mass is 281 g/mol. The summed E-state index contributed by atoms with van der Waals surface area (Å²) in [5.41, 5.74) is 2.19. The Balaban J connectivity index is 2.25. The summed E-state index contributed by atoms with van der Waals surface area (Å²) < 4.78 is 26.5. The molecule has 0 bridgehead atoms. The standard InChI is InChI=1S/C15H14ClF2N/c1-9-3-6-13(16)15(7-9)19-10(2)12-5-4-11(17)8-14(12)18/h3-8,10,19H,1-2H3. The molecule has 0 saturated heterocycles. The first-order valence-electron chi connectivity index (χ1n) is 5.95. The molecule has 0 fully saturated rings. The van der Waals surface area contributed by atoms with Gasteiger partial charge in [-0.1, -0.05) is 23.7 Å². The number of hydrogen-bond donors (Lipinski definition) is 1. The molecule has 0 aliphatic heterocycles. The Morgan fingerprint density at radius 1 is 1.11 bits per heavy atom. The van der Waals surface area contributed by atoms with Crippen LogP contribution < -0.4 is 5.32 Å². The van der Waals surface area contributed by atoms with Crippen molar-refractivity contribution >= 4 is 17.3 Å². The normalized spacial score (nSPS) is 12.3. The van der Waals surface area contributed by atoms with Gasteiger partial charge in [0.05, 0.1) is 16.8 Å². The van der Waals surface area contributed by atoms with E-state index < -0.39 is 11.6 Å². The second kappa shape index (κ2) is 5.57. The Morgan fingerprint density at radius 2 is 1.84 bits per heavy atom. The van der Waals surface area contributed by atoms with Crippen molar-refractivity contribution in [1.29, 1.82) is 0 Å². The van der Waals surface area contributed by atoms with Gasteiger partial charge in [-0.3, -0.25) is 0 Å². The molecular weight excluding hydrogens is 268 g/mol. The molecule has 0 aromatic heterocycles. The van der Waals surface area contributed by atoms with Gasteiger partial charge in [0.25, 0.3) is 0 Å². The summed E-state index contributed by atoms with van der Waals surface area (Å²) in [6, 6.07) is 8.83. The highest BCUT2D eigenvalue weighted by molar-refractivity contribution is 6.33. The molecule has 0 radical (unpaired) electrons. The minimum Gasteiger partial charge on any atom is -0.377 e. The minimum absolute atomic E-state index is 0.306. The van der Waals surface area contributed by atoms with Crippen LogP contribution in [0.2, 0.25) is 5.02 Å². The largest absolute Gasteiger partial charge is 0.377 e. The molecule has 1 N–H and O–H groups in total. The molecule has 19 heavy (non-hydrogen) atoms. The molecule has 0 spiro atoms. The van der Waals surface area contributed by atoms with Crippen molar-refractivity contribution in [2.24, 2.45) is 0 Å². The van der Waals surface area contributed by atoms with Crippen LogP contribution in [0.3, 0.4) is 0 Å². The van der Waals surface area contributed by atoms with Crippen LogP contribution >= 0.6 is 11.6 Å². The van der Waals surface area contributed by atoms with Gasteiger partial charge in [-0.2, -0.15) is 0 Å². The van der Waals surface area contributed by atoms with E-state index in [1.165, 1.54) is 12.1 Å². The summed E-state index contributed by atoms with van der Waals surface area (Å²) in [4.78, 5) is 0. The van der Waals surface area contributed by atoms with Gasteiger partial charge in [-0.15, -0.1) is 0 Å². The zero-order chi connectivity index (χ0) is 14.0. The van der Waals surface area contributed by atoms with Crippen LogP contribution in [-0.4, -0.2) is 0 Å². The van der Waals surface area contributed by atoms with Crippen LogP contribution in [0, 0.1) is 18.6 Å². The van der Waals surface area contributed by atoms with Gasteiger partial charge in [0, 0.05) is 11.6 Å². The lowest BCUT2D eigenvalue weighted by atomic mass is 10.1. The van der Waals surface area contributed by atoms with E-state index in [-0.39, 0.29) is 6.04 Å². The predicted octanol–water partition coefficient (Wildman–Crippen LogP) is 5.10. The first kappa shape index (κ1) is 13.8. The van der Waals surface area contributed by atoms with Gasteiger partial charge in [0.1, 0.15) is 11.6 Å². The number of aryl methyl sites for hydroxylation is 1. The molecule has 2 aromatic rings. The molecule has 4 heteroatoms. The zero-order valence-corrected chi connectivity index (χ0v) is 11.4. The molecule has 0 aliphatic rings. The Kier molecular flexibility index (Phi) is 4.05. The van der Waals surface area contributed by atoms with Gasteiger partial charge in [-0.25, -0.2) is 8.78 Å². The highest BCUT2D eigenvalue weighted by Gasteiger charge is 2.13. The van der Waals surface area contributed by atoms with E-state index in [0.717, 1.165) is 17.3 Å². The van der Waals surface area contributed by atoms with E-state index in [1.807, 2.05) is 19.1 Å². The molecule has 1 unspecified atom stereocenters. The Labute approximate surface area is 116 Å². The Hall–Kier alpha value is -1.61. The van der Waals surface area contributed by atoms with Gasteiger partial charge in [0.2, 0.25) is 0 Å². The lowest BCUT2D eigenvalue weighted by Gasteiger charge is -2.18. The van der Waals surface area contributed by atoms with Crippen molar-refractivity contribution in [1.82, 2.24) is 0 Å². The molecule has 2 rings (SSSR count). The van der Waals surface area contributed by atoms with Crippen LogP contribution in [0.15, 0.2) is 36.4 Å². The number of anilines is 1. The molecule has 2 aromatic carbocycles. The number of rotatable bonds is 3. The second-order valence-corrected chi connectivity index (χ2v) is 4.92. The quantitative estimate of drug-likeness (QED) is 0.825. The summed E-state index contributed by atoms with van der Waals surface area (Å²) in [5.74, 6) is -1.15. The van der Waals surface area contributed by atoms with E-state index in [0.29, 0.717) is 10.6 Å². The fraction of sp³-hybridized carbons (Fsp3) is 0.200. The average molecular weight is 282 g/mol. The van der Waals surface area contributed by atoms with Gasteiger partial charge >= 0.3 is 0 Å². The highest BCUT2D eigenvalue weighted by atomic mass is 35.5. The first-order chi connectivity index (χ1) is 8.97. The summed E-state index contributed by atoms with van der Waals surface area (Å²) >= 11 is 6.08. The van der Waals surface area contributed by atoms with Crippen molar-refractivity contribution in [3.05, 3.63) is 64.2 Å². The summed E-state index contributed by atoms with van der Waals surface area (Å²) in [5, 5.41) is 3.70. The number of hydrogen-bond acceptors (Lipinski definition) is 1. The molecule has 1 atom stereocenters. The van der Waals surface area contributed by atoms with Crippen molar-refractivity contribution in [2.45, 2.75) is 19.9 Å². The van der Waals surface area contributed by atoms with Gasteiger partial charge in [-0.05, 0) is 37.6 Å². The third-order valence-corrected chi connectivity index (χ3v) is 3.25. The molecule has 0 amide bonds. The van der Waals surface area contributed by atoms with E-state index in [4.69, 9.17) is 11.6 Å². The smallest absolute Gasteiger partial charge is 0.131 e. The molecule has 0 aliphatic carbocycles. The van der Waals surface area contributed by atoms with Gasteiger partial charge in [0.15, 0.2) is 0 Å². The van der Waals surface area contributed by atoms with Crippen LogP contribution in [0.25, 0.3) is 0 Å². The van der Waals surface area contributed by atoms with Crippen LogP contribution in [0.1, 0.15) is 24.1 Å². The second-order valence-electron chi connectivity index (χ2n) is 4.52. The predicted molar refractivity (Wildman–Crippen MR) is 74.6 cm³/mol. The highest BCUT2D eigenvalue weighted by Crippen LogP contribution is 2.28. The van der Waals surface area contributed by atoms with Crippen molar-refractivity contribution in [3.8, 4) is 0 Å². The van der Waals surface area contributed by atoms with Crippen molar-refractivity contribution in [2.75, 3.05) is 5.32 Å². The number of nitrogens with one attached hydrogen (secondary N) is 1. The minimum atomic E-state index is -0.581. The maximum absolute atomic E-state index is 13.7. The molecular formula is C15H14ClF2N. The lowest BCUT2D eigenvalue weighted by Crippen LogP contribution is -2.09. The fourth-order valence-electron chi connectivity index (χ4n) is 1.91. The van der Waals surface area contributed by atoms with Crippen LogP contribution in [-0.2, 0) is 0 Å². The number of halogens is 3. The van der Waals surface area contributed by atoms with Crippen LogP contribution in [0.5, 0.6) is 0 Å². The molecule has 100 valence electrons. The maximum atomic E-state index is 13.7. The Morgan fingerprint density at radius 3 is 2.53 bits per heavy atom. The number of benzene rings is 2. The SMILES string of the molecule is Cc1ccc(Cl)c(NC(C)c2ccc(F)cc2F)c1. The summed E-state index contributed by atoms with van der Waals surface area (Å²) in [7, 11) is 0. The zero-order valence-electron chi connectivity index (χ0n) is 10.7. The average Bonchev–Trinajstić information content (AvgIpc) is 2.33. The molecule has 0 heterocycles.